The van der Waals surface area contributed by atoms with Crippen LogP contribution in [-0.4, -0.2) is 127 Å². The third kappa shape index (κ3) is 22.8. The number of fused-ring (bicyclic) bond motifs is 3. The molecule has 21 nitrogen and oxygen atoms in total. The van der Waals surface area contributed by atoms with Crippen molar-refractivity contribution < 1.29 is 47.0 Å². The highest BCUT2D eigenvalue weighted by atomic mass is 35.5. The van der Waals surface area contributed by atoms with Crippen LogP contribution in [0.25, 0.3) is 0 Å². The van der Waals surface area contributed by atoms with Gasteiger partial charge in [-0.1, -0.05) is 169 Å². The molecule has 6 aromatic rings. The van der Waals surface area contributed by atoms with Crippen LogP contribution in [0.3, 0.4) is 0 Å². The standard InChI is InChI=1S/C20H16ClFN4O2.C15H17NO2.C14H16N2O2.C13H15ClFN3.C12H14ClFN4.C7H14O/c21-17-12(9-23)8-16(22)18(25-17)24-13(7-11-5-6-11)10-26-19(27)14-3-1-2-4-15(14)20(26)28;1-10(8-11-6-7-11)9-16-14(17)12-4-2-3-5-13(12)15(16)18;15-10(7-9-5-6-9)8-16-13(17)11-3-1-2-4-12(11)14(16)18;1-2-10(5-8-3-4-8)17-13-11(15)6-9(7-16)12(14)18-13;13-11-8(5-15)4-10(14)12(18-11)17-9(6-16)3-7-1-2-7;1-6(5-8)4-7-2-3-7/h1-4,8,11,13H,5-7,10H2,(H,24,25);2-5,10-11H,6-9H2,1H3;1-4,9-10H,5-8,15H2;6,8,10H,2-5H2,1H3,(H,17,18);4,7,9H,1-3,6,16H2,(H,17,18);6-8H,2-5H2,1H3/t13-;3*10-;9-;6-/m111011/s1. The van der Waals surface area contributed by atoms with Gasteiger partial charge in [-0.25, -0.2) is 28.1 Å². The minimum absolute atomic E-state index is 0.00333. The lowest BCUT2D eigenvalue weighted by atomic mass is 10.0. The Bertz CT molecular complexity index is 4110. The minimum atomic E-state index is -0.705. The van der Waals surface area contributed by atoms with Crippen LogP contribution in [0.1, 0.15) is 222 Å². The Kier molecular flexibility index (Phi) is 28.5. The first kappa shape index (κ1) is 81.5. The molecular formula is C81H92Cl3F3N14O7. The largest absolute Gasteiger partial charge is 0.396 e. The Balaban J connectivity index is 0.000000142. The number of aromatic nitrogens is 3. The Morgan fingerprint density at radius 3 is 1.05 bits per heavy atom. The zero-order chi connectivity index (χ0) is 77.5. The van der Waals surface area contributed by atoms with Gasteiger partial charge in [-0.05, 0) is 147 Å². The van der Waals surface area contributed by atoms with Crippen LogP contribution in [-0.2, 0) is 0 Å². The average molecular weight is 1540 g/mol. The summed E-state index contributed by atoms with van der Waals surface area (Å²) in [6, 6.07) is 29.0. The quantitative estimate of drug-likeness (QED) is 0.0206. The molecule has 6 saturated carbocycles. The molecule has 570 valence electrons. The molecule has 0 bridgehead atoms. The first-order valence-electron chi connectivity index (χ1n) is 37.4. The van der Waals surface area contributed by atoms with Crippen molar-refractivity contribution in [1.82, 2.24) is 29.7 Å². The van der Waals surface area contributed by atoms with E-state index in [2.05, 4.69) is 51.7 Å². The number of hydrogen-bond donors (Lipinski definition) is 6. The molecular weight excluding hydrogens is 1440 g/mol. The number of halogens is 6. The monoisotopic (exact) mass is 1530 g/mol. The lowest BCUT2D eigenvalue weighted by Crippen LogP contribution is -2.41. The number of nitrogens with zero attached hydrogens (tertiary/aromatic N) is 9. The molecule has 0 saturated heterocycles. The second kappa shape index (κ2) is 37.8. The summed E-state index contributed by atoms with van der Waals surface area (Å²) in [7, 11) is 0. The van der Waals surface area contributed by atoms with E-state index >= 15 is 0 Å². The number of amides is 6. The van der Waals surface area contributed by atoms with Crippen LogP contribution in [0, 0.1) is 98.8 Å². The summed E-state index contributed by atoms with van der Waals surface area (Å²) in [5, 5.41) is 43.9. The molecule has 3 aromatic heterocycles. The molecule has 3 aliphatic heterocycles. The van der Waals surface area contributed by atoms with E-state index in [1.807, 2.05) is 6.07 Å². The molecule has 6 fully saturated rings. The number of nitrogens with one attached hydrogen (secondary N) is 3. The fourth-order valence-corrected chi connectivity index (χ4v) is 13.9. The summed E-state index contributed by atoms with van der Waals surface area (Å²) in [5.74, 6) is 2.30. The number of pyridine rings is 3. The number of rotatable bonds is 27. The molecule has 6 heterocycles. The van der Waals surface area contributed by atoms with Crippen LogP contribution in [0.5, 0.6) is 0 Å². The Hall–Kier alpha value is -9.06. The molecule has 0 unspecified atom stereocenters. The van der Waals surface area contributed by atoms with Gasteiger partial charge in [0.05, 0.1) is 50.1 Å². The maximum atomic E-state index is 14.3. The lowest BCUT2D eigenvalue weighted by molar-refractivity contribution is 0.0618. The molecule has 15 rings (SSSR count). The highest BCUT2D eigenvalue weighted by molar-refractivity contribution is 6.31. The number of aliphatic hydroxyl groups excluding tert-OH is 1. The predicted octanol–water partition coefficient (Wildman–Crippen LogP) is 15.2. The van der Waals surface area contributed by atoms with Crippen molar-refractivity contribution in [2.45, 2.75) is 167 Å². The SMILES string of the molecule is CC[C@@H](CC1CC1)Nc1nc(Cl)c(C#N)cc1F.C[C@@H](CO)CC1CC1.C[C@H](CC1CC1)CN1C(=O)c2ccccc2C1=O.N#Cc1cc(F)c(N[C@@H](CN)CC2CC2)nc1Cl.N#Cc1cc(F)c(N[C@H](CC2CC2)CN2C(=O)c3ccccc3C2=O)nc1Cl.N[C@H](CC1CC1)CN1C(=O)c2ccccc2C1=O. The van der Waals surface area contributed by atoms with Crippen LogP contribution in [0.2, 0.25) is 15.5 Å². The zero-order valence-corrected chi connectivity index (χ0v) is 63.2. The highest BCUT2D eigenvalue weighted by Crippen LogP contribution is 2.40. The number of benzene rings is 3. The van der Waals surface area contributed by atoms with E-state index in [9.17, 15) is 41.9 Å². The minimum Gasteiger partial charge on any atom is -0.396 e. The molecule has 3 aromatic carbocycles. The van der Waals surface area contributed by atoms with Gasteiger partial charge < -0.3 is 32.5 Å². The van der Waals surface area contributed by atoms with Crippen molar-refractivity contribution in [3.63, 3.8) is 0 Å². The third-order valence-corrected chi connectivity index (χ3v) is 21.2. The summed E-state index contributed by atoms with van der Waals surface area (Å²) in [6.45, 7) is 8.07. The molecule has 108 heavy (non-hydrogen) atoms. The third-order valence-electron chi connectivity index (χ3n) is 20.4. The molecule has 6 amide bonds. The lowest BCUT2D eigenvalue weighted by Gasteiger charge is -2.24. The smallest absolute Gasteiger partial charge is 0.261 e. The summed E-state index contributed by atoms with van der Waals surface area (Å²) < 4.78 is 41.8. The normalized spacial score (nSPS) is 18.1. The molecule has 6 aliphatic carbocycles. The van der Waals surface area contributed by atoms with E-state index in [4.69, 9.17) is 67.2 Å². The molecule has 9 aliphatic rings. The second-order valence-corrected chi connectivity index (χ2v) is 31.1. The Morgan fingerprint density at radius 2 is 0.731 bits per heavy atom. The van der Waals surface area contributed by atoms with Gasteiger partial charge in [-0.2, -0.15) is 15.8 Å². The van der Waals surface area contributed by atoms with Crippen molar-refractivity contribution in [3.8, 4) is 18.2 Å². The molecule has 8 N–H and O–H groups in total. The van der Waals surface area contributed by atoms with Crippen LogP contribution in [0.4, 0.5) is 30.6 Å². The topological polar surface area (TPSA) is 331 Å². The van der Waals surface area contributed by atoms with E-state index < -0.39 is 17.5 Å². The van der Waals surface area contributed by atoms with Gasteiger partial charge in [0.25, 0.3) is 35.4 Å². The van der Waals surface area contributed by atoms with E-state index in [1.54, 1.807) is 84.9 Å². The van der Waals surface area contributed by atoms with Gasteiger partial charge in [0.1, 0.15) is 33.7 Å². The molecule has 0 radical (unpaired) electrons. The number of nitrogens with two attached hydrogens (primary N) is 2. The van der Waals surface area contributed by atoms with E-state index in [0.717, 1.165) is 80.9 Å². The Morgan fingerprint density at radius 1 is 0.454 bits per heavy atom. The van der Waals surface area contributed by atoms with Crippen molar-refractivity contribution in [1.29, 1.82) is 15.8 Å². The van der Waals surface area contributed by atoms with Crippen LogP contribution < -0.4 is 27.4 Å². The molecule has 27 heteroatoms. The van der Waals surface area contributed by atoms with Gasteiger partial charge in [0.15, 0.2) is 34.9 Å². The predicted molar refractivity (Wildman–Crippen MR) is 406 cm³/mol. The number of anilines is 3. The van der Waals surface area contributed by atoms with Gasteiger partial charge in [-0.3, -0.25) is 43.5 Å². The number of hydrogen-bond acceptors (Lipinski definition) is 18. The summed E-state index contributed by atoms with van der Waals surface area (Å²) >= 11 is 17.5. The van der Waals surface area contributed by atoms with Crippen molar-refractivity contribution in [3.05, 3.63) is 174 Å². The van der Waals surface area contributed by atoms with Gasteiger partial charge >= 0.3 is 0 Å². The summed E-state index contributed by atoms with van der Waals surface area (Å²) in [5.41, 5.74) is 14.6. The average Bonchev–Trinajstić information content (AvgIpc) is 1.63. The number of nitriles is 3. The van der Waals surface area contributed by atoms with Crippen molar-refractivity contribution in [2.24, 2.45) is 58.8 Å². The fraction of sp³-hybridized carbons (Fsp3) is 0.481. The van der Waals surface area contributed by atoms with E-state index in [0.29, 0.717) is 95.6 Å². The fourth-order valence-electron chi connectivity index (χ4n) is 13.3. The second-order valence-electron chi connectivity index (χ2n) is 30.0. The number of carbonyl (C=O) groups is 6. The van der Waals surface area contributed by atoms with Gasteiger partial charge in [-0.15, -0.1) is 0 Å². The van der Waals surface area contributed by atoms with Crippen LogP contribution in [0.15, 0.2) is 91.0 Å². The first-order chi connectivity index (χ1) is 51.9. The number of aliphatic hydroxyl groups is 1. The first-order valence-corrected chi connectivity index (χ1v) is 38.5. The highest BCUT2D eigenvalue weighted by Gasteiger charge is 2.41. The Labute approximate surface area is 643 Å². The zero-order valence-electron chi connectivity index (χ0n) is 60.9. The maximum Gasteiger partial charge on any atom is 0.261 e. The number of carbonyl (C=O) groups excluding carboxylic acids is 6. The van der Waals surface area contributed by atoms with Gasteiger partial charge in [0, 0.05) is 57.0 Å². The summed E-state index contributed by atoms with van der Waals surface area (Å²) in [4.78, 5) is 89.3. The van der Waals surface area contributed by atoms with Gasteiger partial charge in [0.2, 0.25) is 0 Å². The van der Waals surface area contributed by atoms with E-state index in [1.165, 1.54) is 85.3 Å². The van der Waals surface area contributed by atoms with Crippen LogP contribution >= 0.6 is 34.8 Å². The number of imide groups is 3. The summed E-state index contributed by atoms with van der Waals surface area (Å²) in [6.07, 6.45) is 21.8. The molecule has 0 spiro atoms. The molecule has 6 atom stereocenters. The van der Waals surface area contributed by atoms with Crippen molar-refractivity contribution >= 4 is 87.7 Å². The van der Waals surface area contributed by atoms with Crippen molar-refractivity contribution in [2.75, 3.05) is 48.7 Å². The van der Waals surface area contributed by atoms with E-state index in [-0.39, 0.29) is 116 Å². The maximum absolute atomic E-state index is 14.3.